The lowest BCUT2D eigenvalue weighted by atomic mass is 10.1. The molecule has 0 aliphatic heterocycles. The van der Waals surface area contributed by atoms with Crippen LogP contribution < -0.4 is 0 Å². The fourth-order valence-corrected chi connectivity index (χ4v) is 2.03. The van der Waals surface area contributed by atoms with E-state index in [-0.39, 0.29) is 5.57 Å². The van der Waals surface area contributed by atoms with Crippen LogP contribution in [0.3, 0.4) is 0 Å². The van der Waals surface area contributed by atoms with Crippen LogP contribution in [0.4, 0.5) is 0 Å². The largest absolute Gasteiger partial charge is 0.477 e. The number of fused-ring (bicyclic) bond motifs is 1. The van der Waals surface area contributed by atoms with Crippen molar-refractivity contribution in [3.63, 3.8) is 0 Å². The molecule has 18 heavy (non-hydrogen) atoms. The molecule has 0 unspecified atom stereocenters. The molecular formula is C13H7BrN2O2. The van der Waals surface area contributed by atoms with Gasteiger partial charge in [-0.2, -0.15) is 5.26 Å². The molecule has 0 saturated heterocycles. The third-order valence-electron chi connectivity index (χ3n) is 2.40. The van der Waals surface area contributed by atoms with Gasteiger partial charge in [-0.25, -0.2) is 4.79 Å². The highest BCUT2D eigenvalue weighted by molar-refractivity contribution is 9.10. The fraction of sp³-hybridized carbons (Fsp3) is 0. The maximum atomic E-state index is 10.8. The minimum absolute atomic E-state index is 0.315. The molecule has 5 heteroatoms. The number of carboxylic acid groups (broad SMARTS) is 1. The minimum Gasteiger partial charge on any atom is -0.477 e. The highest BCUT2D eigenvalue weighted by Crippen LogP contribution is 2.26. The summed E-state index contributed by atoms with van der Waals surface area (Å²) in [4.78, 5) is 15.0. The van der Waals surface area contributed by atoms with Crippen LogP contribution in [0.5, 0.6) is 0 Å². The van der Waals surface area contributed by atoms with E-state index in [0.29, 0.717) is 11.1 Å². The van der Waals surface area contributed by atoms with E-state index in [1.54, 1.807) is 30.5 Å². The van der Waals surface area contributed by atoms with Gasteiger partial charge in [0.25, 0.3) is 0 Å². The zero-order valence-electron chi connectivity index (χ0n) is 9.09. The summed E-state index contributed by atoms with van der Waals surface area (Å²) in [5, 5.41) is 18.5. The number of hydrogen-bond acceptors (Lipinski definition) is 3. The topological polar surface area (TPSA) is 74.0 Å². The van der Waals surface area contributed by atoms with Crippen LogP contribution in [-0.4, -0.2) is 16.1 Å². The lowest BCUT2D eigenvalue weighted by Crippen LogP contribution is -1.97. The SMILES string of the molecule is N#C/C(=C\c1ccc(Br)c2cccnc12)C(=O)O. The fourth-order valence-electron chi connectivity index (χ4n) is 1.57. The highest BCUT2D eigenvalue weighted by atomic mass is 79.9. The highest BCUT2D eigenvalue weighted by Gasteiger charge is 2.09. The monoisotopic (exact) mass is 302 g/mol. The van der Waals surface area contributed by atoms with Crippen LogP contribution in [0.2, 0.25) is 0 Å². The van der Waals surface area contributed by atoms with Gasteiger partial charge >= 0.3 is 5.97 Å². The molecule has 88 valence electrons. The first-order chi connectivity index (χ1) is 8.63. The van der Waals surface area contributed by atoms with Crippen molar-refractivity contribution in [2.75, 3.05) is 0 Å². The maximum Gasteiger partial charge on any atom is 0.346 e. The van der Waals surface area contributed by atoms with Crippen molar-refractivity contribution in [2.24, 2.45) is 0 Å². The molecule has 0 radical (unpaired) electrons. The van der Waals surface area contributed by atoms with Gasteiger partial charge in [0.05, 0.1) is 5.52 Å². The van der Waals surface area contributed by atoms with E-state index in [2.05, 4.69) is 20.9 Å². The Balaban J connectivity index is 2.71. The Kier molecular flexibility index (Phi) is 3.40. The van der Waals surface area contributed by atoms with E-state index in [0.717, 1.165) is 9.86 Å². The molecule has 2 aromatic rings. The van der Waals surface area contributed by atoms with Crippen molar-refractivity contribution in [3.05, 3.63) is 46.1 Å². The third kappa shape index (κ3) is 2.24. The van der Waals surface area contributed by atoms with Gasteiger partial charge in [0, 0.05) is 21.6 Å². The zero-order valence-corrected chi connectivity index (χ0v) is 10.7. The number of pyridine rings is 1. The Morgan fingerprint density at radius 2 is 2.22 bits per heavy atom. The van der Waals surface area contributed by atoms with Crippen molar-refractivity contribution in [2.45, 2.75) is 0 Å². The lowest BCUT2D eigenvalue weighted by Gasteiger charge is -2.03. The molecule has 0 spiro atoms. The number of carbonyl (C=O) groups is 1. The van der Waals surface area contributed by atoms with Crippen LogP contribution in [-0.2, 0) is 4.79 Å². The number of rotatable bonds is 2. The van der Waals surface area contributed by atoms with Gasteiger partial charge in [-0.1, -0.05) is 28.1 Å². The number of hydrogen-bond donors (Lipinski definition) is 1. The van der Waals surface area contributed by atoms with Crippen molar-refractivity contribution in [3.8, 4) is 6.07 Å². The van der Waals surface area contributed by atoms with Gasteiger partial charge in [-0.05, 0) is 18.2 Å². The third-order valence-corrected chi connectivity index (χ3v) is 3.09. The van der Waals surface area contributed by atoms with Gasteiger partial charge in [-0.3, -0.25) is 4.98 Å². The lowest BCUT2D eigenvalue weighted by molar-refractivity contribution is -0.132. The van der Waals surface area contributed by atoms with Crippen molar-refractivity contribution < 1.29 is 9.90 Å². The maximum absolute atomic E-state index is 10.8. The van der Waals surface area contributed by atoms with Crippen LogP contribution in [0.15, 0.2) is 40.5 Å². The van der Waals surface area contributed by atoms with Crippen LogP contribution in [0.25, 0.3) is 17.0 Å². The number of aromatic nitrogens is 1. The molecule has 1 aromatic heterocycles. The Hall–Kier alpha value is -2.19. The zero-order chi connectivity index (χ0) is 13.1. The van der Waals surface area contributed by atoms with E-state index in [1.165, 1.54) is 6.08 Å². The van der Waals surface area contributed by atoms with Crippen molar-refractivity contribution >= 4 is 38.9 Å². The summed E-state index contributed by atoms with van der Waals surface area (Å²) in [5.74, 6) is -1.25. The quantitative estimate of drug-likeness (QED) is 0.683. The van der Waals surface area contributed by atoms with E-state index in [4.69, 9.17) is 10.4 Å². The number of carboxylic acids is 1. The second kappa shape index (κ2) is 4.98. The van der Waals surface area contributed by atoms with Crippen molar-refractivity contribution in [1.29, 1.82) is 5.26 Å². The molecule has 0 amide bonds. The molecule has 0 aliphatic carbocycles. The molecule has 0 bridgehead atoms. The van der Waals surface area contributed by atoms with E-state index >= 15 is 0 Å². The Morgan fingerprint density at radius 3 is 2.89 bits per heavy atom. The van der Waals surface area contributed by atoms with Crippen LogP contribution in [0.1, 0.15) is 5.56 Å². The summed E-state index contributed by atoms with van der Waals surface area (Å²) in [5.41, 5.74) is 0.943. The van der Waals surface area contributed by atoms with Gasteiger partial charge in [0.1, 0.15) is 11.6 Å². The molecule has 1 heterocycles. The first kappa shape index (κ1) is 12.3. The Labute approximate surface area is 111 Å². The molecule has 1 N–H and O–H groups in total. The molecule has 1 aromatic carbocycles. The summed E-state index contributed by atoms with van der Waals surface area (Å²) >= 11 is 3.40. The number of nitrogens with zero attached hydrogens (tertiary/aromatic N) is 2. The number of aliphatic carboxylic acids is 1. The number of nitriles is 1. The molecule has 0 saturated carbocycles. The number of benzene rings is 1. The second-order valence-electron chi connectivity index (χ2n) is 3.51. The smallest absolute Gasteiger partial charge is 0.346 e. The summed E-state index contributed by atoms with van der Waals surface area (Å²) in [6.45, 7) is 0. The Morgan fingerprint density at radius 1 is 1.44 bits per heavy atom. The average Bonchev–Trinajstić information content (AvgIpc) is 2.38. The molecular weight excluding hydrogens is 296 g/mol. The molecule has 2 rings (SSSR count). The predicted octanol–water partition coefficient (Wildman–Crippen LogP) is 2.99. The summed E-state index contributed by atoms with van der Waals surface area (Å²) < 4.78 is 0.872. The van der Waals surface area contributed by atoms with Gasteiger partial charge < -0.3 is 5.11 Å². The second-order valence-corrected chi connectivity index (χ2v) is 4.37. The minimum atomic E-state index is -1.25. The van der Waals surface area contributed by atoms with Gasteiger partial charge in [0.2, 0.25) is 0 Å². The number of halogens is 1. The molecule has 0 aliphatic rings. The normalized spacial score (nSPS) is 11.2. The van der Waals surface area contributed by atoms with Crippen LogP contribution in [0, 0.1) is 11.3 Å². The van der Waals surface area contributed by atoms with E-state index in [1.807, 2.05) is 6.07 Å². The summed E-state index contributed by atoms with van der Waals surface area (Å²) in [7, 11) is 0. The summed E-state index contributed by atoms with van der Waals surface area (Å²) in [6.07, 6.45) is 2.95. The molecule has 0 atom stereocenters. The molecule has 4 nitrogen and oxygen atoms in total. The molecule has 0 fully saturated rings. The van der Waals surface area contributed by atoms with Crippen LogP contribution >= 0.6 is 15.9 Å². The first-order valence-corrected chi connectivity index (χ1v) is 5.81. The predicted molar refractivity (Wildman–Crippen MR) is 70.7 cm³/mol. The van der Waals surface area contributed by atoms with E-state index in [9.17, 15) is 4.79 Å². The first-order valence-electron chi connectivity index (χ1n) is 5.02. The standard InChI is InChI=1S/C13H7BrN2O2/c14-11-4-3-8(6-9(7-15)13(17)18)12-10(11)2-1-5-16-12/h1-6H,(H,17,18)/b9-6+. The van der Waals surface area contributed by atoms with Gasteiger partial charge in [-0.15, -0.1) is 0 Å². The average molecular weight is 303 g/mol. The Bertz CT molecular complexity index is 702. The van der Waals surface area contributed by atoms with Gasteiger partial charge in [0.15, 0.2) is 0 Å². The summed E-state index contributed by atoms with van der Waals surface area (Å²) in [6, 6.07) is 8.84. The van der Waals surface area contributed by atoms with E-state index < -0.39 is 5.97 Å². The van der Waals surface area contributed by atoms with Crippen molar-refractivity contribution in [1.82, 2.24) is 4.98 Å².